The Morgan fingerprint density at radius 2 is 1.65 bits per heavy atom. The van der Waals surface area contributed by atoms with Gasteiger partial charge in [-0.1, -0.05) is 56.3 Å². The minimum atomic E-state index is -0.690. The van der Waals surface area contributed by atoms with Crippen molar-refractivity contribution in [3.05, 3.63) is 71.3 Å². The van der Waals surface area contributed by atoms with Crippen molar-refractivity contribution < 1.29 is 19.8 Å². The van der Waals surface area contributed by atoms with Crippen LogP contribution in [0.25, 0.3) is 5.76 Å². The molecule has 2 N–H and O–H groups in total. The minimum Gasteiger partial charge on any atom is -0.508 e. The third-order valence-electron chi connectivity index (χ3n) is 4.36. The highest BCUT2D eigenvalue weighted by Crippen LogP contribution is 2.40. The van der Waals surface area contributed by atoms with Crippen LogP contribution >= 0.6 is 0 Å². The first-order valence-corrected chi connectivity index (χ1v) is 8.53. The zero-order chi connectivity index (χ0) is 18.8. The molecule has 5 nitrogen and oxygen atoms in total. The van der Waals surface area contributed by atoms with Gasteiger partial charge in [0.05, 0.1) is 11.6 Å². The van der Waals surface area contributed by atoms with Gasteiger partial charge in [-0.05, 0) is 23.6 Å². The van der Waals surface area contributed by atoms with E-state index in [1.807, 2.05) is 19.9 Å². The molecule has 1 aliphatic heterocycles. The van der Waals surface area contributed by atoms with Crippen LogP contribution in [0.2, 0.25) is 0 Å². The lowest BCUT2D eigenvalue weighted by atomic mass is 9.95. The molecule has 1 fully saturated rings. The fraction of sp³-hybridized carbons (Fsp3) is 0.238. The summed E-state index contributed by atoms with van der Waals surface area (Å²) in [5.74, 6) is -1.24. The van der Waals surface area contributed by atoms with Gasteiger partial charge in [0.25, 0.3) is 11.7 Å². The number of carbonyl (C=O) groups is 2. The van der Waals surface area contributed by atoms with Gasteiger partial charge in [0, 0.05) is 12.1 Å². The molecule has 1 heterocycles. The largest absolute Gasteiger partial charge is 0.508 e. The van der Waals surface area contributed by atoms with Crippen LogP contribution in [0.5, 0.6) is 5.75 Å². The van der Waals surface area contributed by atoms with Gasteiger partial charge >= 0.3 is 0 Å². The van der Waals surface area contributed by atoms with Crippen LogP contribution in [0.1, 0.15) is 31.0 Å². The van der Waals surface area contributed by atoms with E-state index in [0.29, 0.717) is 17.7 Å². The summed E-state index contributed by atoms with van der Waals surface area (Å²) in [6.07, 6.45) is 0. The van der Waals surface area contributed by atoms with Crippen molar-refractivity contribution in [3.8, 4) is 5.75 Å². The molecule has 0 saturated carbocycles. The molecule has 0 radical (unpaired) electrons. The van der Waals surface area contributed by atoms with E-state index in [-0.39, 0.29) is 23.0 Å². The molecule has 1 unspecified atom stereocenters. The molecular weight excluding hydrogens is 330 g/mol. The summed E-state index contributed by atoms with van der Waals surface area (Å²) in [7, 11) is 0. The summed E-state index contributed by atoms with van der Waals surface area (Å²) < 4.78 is 0. The molecule has 1 atom stereocenters. The quantitative estimate of drug-likeness (QED) is 0.502. The number of ketones is 1. The lowest BCUT2D eigenvalue weighted by Crippen LogP contribution is -2.33. The summed E-state index contributed by atoms with van der Waals surface area (Å²) >= 11 is 0. The fourth-order valence-electron chi connectivity index (χ4n) is 3.22. The van der Waals surface area contributed by atoms with E-state index in [1.54, 1.807) is 36.4 Å². The van der Waals surface area contributed by atoms with Crippen LogP contribution in [-0.4, -0.2) is 33.3 Å². The van der Waals surface area contributed by atoms with E-state index in [4.69, 9.17) is 0 Å². The lowest BCUT2D eigenvalue weighted by Gasteiger charge is -2.26. The molecule has 0 aliphatic carbocycles. The van der Waals surface area contributed by atoms with Crippen LogP contribution < -0.4 is 0 Å². The summed E-state index contributed by atoms with van der Waals surface area (Å²) in [6.45, 7) is 4.32. The Bertz CT molecular complexity index is 853. The van der Waals surface area contributed by atoms with Gasteiger partial charge in [0.2, 0.25) is 0 Å². The maximum atomic E-state index is 12.7. The van der Waals surface area contributed by atoms with Gasteiger partial charge in [-0.2, -0.15) is 0 Å². The third-order valence-corrected chi connectivity index (χ3v) is 4.36. The highest BCUT2D eigenvalue weighted by atomic mass is 16.3. The average molecular weight is 351 g/mol. The summed E-state index contributed by atoms with van der Waals surface area (Å²) in [6, 6.07) is 14.4. The number of phenolic OH excluding ortho intramolecular Hbond substituents is 1. The first-order chi connectivity index (χ1) is 12.4. The molecule has 3 rings (SSSR count). The van der Waals surface area contributed by atoms with Crippen molar-refractivity contribution in [1.29, 1.82) is 0 Å². The van der Waals surface area contributed by atoms with Crippen LogP contribution in [-0.2, 0) is 9.59 Å². The maximum Gasteiger partial charge on any atom is 0.295 e. The number of benzene rings is 2. The molecule has 1 amide bonds. The van der Waals surface area contributed by atoms with E-state index in [2.05, 4.69) is 0 Å². The Labute approximate surface area is 152 Å². The van der Waals surface area contributed by atoms with Crippen molar-refractivity contribution >= 4 is 17.4 Å². The predicted molar refractivity (Wildman–Crippen MR) is 98.4 cm³/mol. The van der Waals surface area contributed by atoms with Crippen LogP contribution in [0, 0.1) is 5.92 Å². The predicted octanol–water partition coefficient (Wildman–Crippen LogP) is 3.47. The number of carbonyl (C=O) groups excluding carboxylic acids is 2. The van der Waals surface area contributed by atoms with Crippen LogP contribution in [0.4, 0.5) is 0 Å². The number of aromatic hydroxyl groups is 1. The average Bonchev–Trinajstić information content (AvgIpc) is 2.87. The van der Waals surface area contributed by atoms with Crippen molar-refractivity contribution in [2.75, 3.05) is 6.54 Å². The van der Waals surface area contributed by atoms with Gasteiger partial charge in [-0.25, -0.2) is 0 Å². The first kappa shape index (κ1) is 17.7. The van der Waals surface area contributed by atoms with E-state index in [0.717, 1.165) is 0 Å². The number of amides is 1. The second-order valence-corrected chi connectivity index (χ2v) is 6.80. The van der Waals surface area contributed by atoms with Gasteiger partial charge in [-0.3, -0.25) is 9.59 Å². The Balaban J connectivity index is 2.18. The molecule has 134 valence electrons. The molecule has 0 spiro atoms. The highest BCUT2D eigenvalue weighted by Gasteiger charge is 2.46. The summed E-state index contributed by atoms with van der Waals surface area (Å²) in [4.78, 5) is 26.8. The number of Topliss-reactive ketones (excluding diaryl/α,β-unsaturated/α-hetero) is 1. The van der Waals surface area contributed by atoms with Gasteiger partial charge in [-0.15, -0.1) is 0 Å². The lowest BCUT2D eigenvalue weighted by molar-refractivity contribution is -0.140. The number of hydrogen-bond donors (Lipinski definition) is 2. The first-order valence-electron chi connectivity index (χ1n) is 8.53. The highest BCUT2D eigenvalue weighted by molar-refractivity contribution is 6.46. The Morgan fingerprint density at radius 3 is 2.23 bits per heavy atom. The van der Waals surface area contributed by atoms with Gasteiger partial charge in [0.15, 0.2) is 0 Å². The Kier molecular flexibility index (Phi) is 4.80. The van der Waals surface area contributed by atoms with E-state index >= 15 is 0 Å². The monoisotopic (exact) mass is 351 g/mol. The summed E-state index contributed by atoms with van der Waals surface area (Å²) in [5.41, 5.74) is 1.23. The Hall–Kier alpha value is -3.08. The van der Waals surface area contributed by atoms with Crippen LogP contribution in [0.3, 0.4) is 0 Å². The molecule has 0 aromatic heterocycles. The molecule has 1 saturated heterocycles. The SMILES string of the molecule is CC(C)CN1C(=O)C(=O)/C(=C(/O)c2ccccc2)C1c1ccc(O)cc1. The number of rotatable bonds is 4. The number of hydrogen-bond acceptors (Lipinski definition) is 4. The molecule has 5 heteroatoms. The number of aliphatic hydroxyl groups excluding tert-OH is 1. The fourth-order valence-corrected chi connectivity index (χ4v) is 3.22. The molecule has 0 bridgehead atoms. The number of aliphatic hydroxyl groups is 1. The molecule has 2 aromatic rings. The molecule has 1 aliphatic rings. The van der Waals surface area contributed by atoms with Crippen molar-refractivity contribution in [2.45, 2.75) is 19.9 Å². The molecular formula is C21H21NO4. The molecule has 26 heavy (non-hydrogen) atoms. The van der Waals surface area contributed by atoms with Crippen LogP contribution in [0.15, 0.2) is 60.2 Å². The van der Waals surface area contributed by atoms with Crippen molar-refractivity contribution in [2.24, 2.45) is 5.92 Å². The number of nitrogens with zero attached hydrogens (tertiary/aromatic N) is 1. The summed E-state index contributed by atoms with van der Waals surface area (Å²) in [5, 5.41) is 20.3. The third kappa shape index (κ3) is 3.20. The standard InChI is InChI=1S/C21H21NO4/c1-13(2)12-22-18(14-8-10-16(23)11-9-14)17(20(25)21(22)26)19(24)15-6-4-3-5-7-15/h3-11,13,18,23-24H,12H2,1-2H3/b19-17+. The Morgan fingerprint density at radius 1 is 1.04 bits per heavy atom. The topological polar surface area (TPSA) is 77.8 Å². The van der Waals surface area contributed by atoms with Gasteiger partial charge in [0.1, 0.15) is 11.5 Å². The molecule has 2 aromatic carbocycles. The smallest absolute Gasteiger partial charge is 0.295 e. The normalized spacial score (nSPS) is 19.3. The minimum absolute atomic E-state index is 0.0764. The van der Waals surface area contributed by atoms with Crippen molar-refractivity contribution in [3.63, 3.8) is 0 Å². The zero-order valence-electron chi connectivity index (χ0n) is 14.7. The second-order valence-electron chi connectivity index (χ2n) is 6.80. The number of phenols is 1. The van der Waals surface area contributed by atoms with E-state index in [1.165, 1.54) is 17.0 Å². The maximum absolute atomic E-state index is 12.7. The van der Waals surface area contributed by atoms with E-state index < -0.39 is 17.7 Å². The van der Waals surface area contributed by atoms with E-state index in [9.17, 15) is 19.8 Å². The number of likely N-dealkylation sites (tertiary alicyclic amines) is 1. The van der Waals surface area contributed by atoms with Crippen molar-refractivity contribution in [1.82, 2.24) is 4.90 Å². The zero-order valence-corrected chi connectivity index (χ0v) is 14.7. The van der Waals surface area contributed by atoms with Gasteiger partial charge < -0.3 is 15.1 Å². The second kappa shape index (κ2) is 7.04.